The minimum absolute atomic E-state index is 0.207. The molecule has 1 amide bonds. The lowest BCUT2D eigenvalue weighted by Gasteiger charge is -2.25. The monoisotopic (exact) mass is 379 g/mol. The Kier molecular flexibility index (Phi) is 4.86. The zero-order valence-electron chi connectivity index (χ0n) is 15.5. The van der Waals surface area contributed by atoms with Gasteiger partial charge in [0.2, 0.25) is 0 Å². The van der Waals surface area contributed by atoms with E-state index in [-0.39, 0.29) is 11.9 Å². The van der Waals surface area contributed by atoms with E-state index in [1.165, 1.54) is 6.07 Å². The van der Waals surface area contributed by atoms with Crippen LogP contribution >= 0.6 is 0 Å². The topological polar surface area (TPSA) is 81.7 Å². The van der Waals surface area contributed by atoms with Gasteiger partial charge in [0.15, 0.2) is 6.10 Å². The van der Waals surface area contributed by atoms with Crippen molar-refractivity contribution in [1.29, 1.82) is 0 Å². The molecule has 0 bridgehead atoms. The number of esters is 2. The van der Waals surface area contributed by atoms with E-state index in [9.17, 15) is 14.4 Å². The summed E-state index contributed by atoms with van der Waals surface area (Å²) in [7, 11) is 0. The lowest BCUT2D eigenvalue weighted by Crippen LogP contribution is -2.37. The van der Waals surface area contributed by atoms with Crippen molar-refractivity contribution in [3.8, 4) is 0 Å². The van der Waals surface area contributed by atoms with Crippen molar-refractivity contribution < 1.29 is 23.9 Å². The summed E-state index contributed by atoms with van der Waals surface area (Å²) in [5, 5.41) is 2.81. The standard InChI is InChI=1S/C22H21NO5/c1-13(20(24)23-17-8-9-17)27-21(25)15-7-10-18-16(11-15)12-19(28-22(18)26)14-5-3-2-4-6-14/h2-7,10-11,13,17,19H,8-9,12H2,1H3,(H,23,24)/t13-,19+/m0/s1. The van der Waals surface area contributed by atoms with E-state index < -0.39 is 24.1 Å². The number of cyclic esters (lactones) is 1. The first-order valence-corrected chi connectivity index (χ1v) is 9.41. The van der Waals surface area contributed by atoms with Crippen molar-refractivity contribution in [2.24, 2.45) is 0 Å². The quantitative estimate of drug-likeness (QED) is 0.808. The van der Waals surface area contributed by atoms with Crippen LogP contribution in [0.3, 0.4) is 0 Å². The molecule has 28 heavy (non-hydrogen) atoms. The molecule has 0 spiro atoms. The molecule has 1 saturated carbocycles. The molecule has 6 heteroatoms. The lowest BCUT2D eigenvalue weighted by atomic mass is 9.93. The first kappa shape index (κ1) is 18.2. The van der Waals surface area contributed by atoms with Crippen molar-refractivity contribution >= 4 is 17.8 Å². The van der Waals surface area contributed by atoms with Gasteiger partial charge in [0, 0.05) is 12.5 Å². The molecule has 1 aliphatic carbocycles. The summed E-state index contributed by atoms with van der Waals surface area (Å²) in [5.41, 5.74) is 2.39. The van der Waals surface area contributed by atoms with Gasteiger partial charge in [0.05, 0.1) is 11.1 Å². The van der Waals surface area contributed by atoms with Crippen LogP contribution in [-0.4, -0.2) is 30.0 Å². The predicted molar refractivity (Wildman–Crippen MR) is 101 cm³/mol. The van der Waals surface area contributed by atoms with Gasteiger partial charge in [0.25, 0.3) is 5.91 Å². The molecule has 2 atom stereocenters. The zero-order valence-corrected chi connectivity index (χ0v) is 15.5. The van der Waals surface area contributed by atoms with E-state index >= 15 is 0 Å². The number of carbonyl (C=O) groups is 3. The van der Waals surface area contributed by atoms with Crippen LogP contribution in [0.1, 0.15) is 57.7 Å². The smallest absolute Gasteiger partial charge is 0.339 e. The molecular weight excluding hydrogens is 358 g/mol. The van der Waals surface area contributed by atoms with Gasteiger partial charge in [-0.1, -0.05) is 30.3 Å². The summed E-state index contributed by atoms with van der Waals surface area (Å²) in [6, 6.07) is 14.4. The van der Waals surface area contributed by atoms with E-state index in [0.717, 1.165) is 24.0 Å². The van der Waals surface area contributed by atoms with Gasteiger partial charge in [-0.15, -0.1) is 0 Å². The fourth-order valence-corrected chi connectivity index (χ4v) is 3.20. The Labute approximate surface area is 162 Å². The number of benzene rings is 2. The van der Waals surface area contributed by atoms with E-state index in [2.05, 4.69) is 5.32 Å². The van der Waals surface area contributed by atoms with Crippen LogP contribution in [-0.2, 0) is 20.7 Å². The van der Waals surface area contributed by atoms with Crippen LogP contribution in [0.25, 0.3) is 0 Å². The maximum Gasteiger partial charge on any atom is 0.339 e. The fraction of sp³-hybridized carbons (Fsp3) is 0.318. The summed E-state index contributed by atoms with van der Waals surface area (Å²) in [6.45, 7) is 1.55. The molecule has 1 heterocycles. The Hall–Kier alpha value is -3.15. The summed E-state index contributed by atoms with van der Waals surface area (Å²) >= 11 is 0. The van der Waals surface area contributed by atoms with Crippen LogP contribution in [0, 0.1) is 0 Å². The Morgan fingerprint density at radius 2 is 1.89 bits per heavy atom. The summed E-state index contributed by atoms with van der Waals surface area (Å²) in [4.78, 5) is 36.8. The first-order valence-electron chi connectivity index (χ1n) is 9.41. The molecule has 2 aliphatic rings. The summed E-state index contributed by atoms with van der Waals surface area (Å²) in [6.07, 6.45) is 1.15. The molecule has 0 aromatic heterocycles. The van der Waals surface area contributed by atoms with Crippen LogP contribution in [0.15, 0.2) is 48.5 Å². The SMILES string of the molecule is C[C@H](OC(=O)c1ccc2c(c1)C[C@H](c1ccccc1)OC2=O)C(=O)NC1CC1. The molecule has 1 N–H and O–H groups in total. The highest BCUT2D eigenvalue weighted by Gasteiger charge is 2.30. The molecule has 6 nitrogen and oxygen atoms in total. The number of carbonyl (C=O) groups excluding carboxylic acids is 3. The van der Waals surface area contributed by atoms with Crippen molar-refractivity contribution in [3.05, 3.63) is 70.8 Å². The molecule has 2 aromatic rings. The molecule has 1 fully saturated rings. The summed E-state index contributed by atoms with van der Waals surface area (Å²) in [5.74, 6) is -1.29. The summed E-state index contributed by atoms with van der Waals surface area (Å²) < 4.78 is 10.8. The zero-order chi connectivity index (χ0) is 19.7. The molecule has 144 valence electrons. The number of hydrogen-bond donors (Lipinski definition) is 1. The largest absolute Gasteiger partial charge is 0.454 e. The van der Waals surface area contributed by atoms with Crippen molar-refractivity contribution in [2.75, 3.05) is 0 Å². The molecule has 0 unspecified atom stereocenters. The number of fused-ring (bicyclic) bond motifs is 1. The van der Waals surface area contributed by atoms with Crippen molar-refractivity contribution in [1.82, 2.24) is 5.32 Å². The van der Waals surface area contributed by atoms with Gasteiger partial charge in [-0.25, -0.2) is 9.59 Å². The Morgan fingerprint density at radius 1 is 1.14 bits per heavy atom. The fourth-order valence-electron chi connectivity index (χ4n) is 3.20. The molecular formula is C22H21NO5. The van der Waals surface area contributed by atoms with Crippen LogP contribution in [0.5, 0.6) is 0 Å². The van der Waals surface area contributed by atoms with Gasteiger partial charge < -0.3 is 14.8 Å². The average Bonchev–Trinajstić information content (AvgIpc) is 3.52. The van der Waals surface area contributed by atoms with E-state index in [1.54, 1.807) is 19.1 Å². The number of hydrogen-bond acceptors (Lipinski definition) is 5. The van der Waals surface area contributed by atoms with Gasteiger partial charge in [-0.3, -0.25) is 4.79 Å². The first-order chi connectivity index (χ1) is 13.5. The molecule has 1 aliphatic heterocycles. The van der Waals surface area contributed by atoms with Gasteiger partial charge >= 0.3 is 11.9 Å². The molecule has 4 rings (SSSR count). The second kappa shape index (κ2) is 7.46. The van der Waals surface area contributed by atoms with Gasteiger partial charge in [0.1, 0.15) is 6.10 Å². The number of rotatable bonds is 5. The van der Waals surface area contributed by atoms with Crippen molar-refractivity contribution in [2.45, 2.75) is 44.4 Å². The van der Waals surface area contributed by atoms with Gasteiger partial charge in [-0.05, 0) is 49.1 Å². The maximum absolute atomic E-state index is 12.5. The third-order valence-corrected chi connectivity index (χ3v) is 4.96. The van der Waals surface area contributed by atoms with Crippen LogP contribution in [0.2, 0.25) is 0 Å². The minimum Gasteiger partial charge on any atom is -0.454 e. The highest BCUT2D eigenvalue weighted by Crippen LogP contribution is 2.31. The normalized spacial score (nSPS) is 19.2. The van der Waals surface area contributed by atoms with E-state index in [4.69, 9.17) is 9.47 Å². The Balaban J connectivity index is 1.49. The average molecular weight is 379 g/mol. The third kappa shape index (κ3) is 3.91. The van der Waals surface area contributed by atoms with Crippen molar-refractivity contribution in [3.63, 3.8) is 0 Å². The van der Waals surface area contributed by atoms with Crippen LogP contribution < -0.4 is 5.32 Å². The number of amides is 1. The number of ether oxygens (including phenoxy) is 2. The van der Waals surface area contributed by atoms with Crippen LogP contribution in [0.4, 0.5) is 0 Å². The molecule has 0 radical (unpaired) electrons. The van der Waals surface area contributed by atoms with E-state index in [0.29, 0.717) is 17.5 Å². The molecule has 0 saturated heterocycles. The maximum atomic E-state index is 12.5. The molecule has 2 aromatic carbocycles. The number of nitrogens with one attached hydrogen (secondary N) is 1. The minimum atomic E-state index is -0.869. The third-order valence-electron chi connectivity index (χ3n) is 4.96. The second-order valence-corrected chi connectivity index (χ2v) is 7.21. The van der Waals surface area contributed by atoms with Gasteiger partial charge in [-0.2, -0.15) is 0 Å². The highest BCUT2D eigenvalue weighted by atomic mass is 16.6. The lowest BCUT2D eigenvalue weighted by molar-refractivity contribution is -0.129. The Morgan fingerprint density at radius 3 is 2.61 bits per heavy atom. The second-order valence-electron chi connectivity index (χ2n) is 7.21. The highest BCUT2D eigenvalue weighted by molar-refractivity contribution is 5.96. The van der Waals surface area contributed by atoms with E-state index in [1.807, 2.05) is 30.3 Å². The predicted octanol–water partition coefficient (Wildman–Crippen LogP) is 2.96. The Bertz CT molecular complexity index is 920.